The quantitative estimate of drug-likeness (QED) is 0.749. The Hall–Kier alpha value is -1.55. The molecule has 0 spiro atoms. The van der Waals surface area contributed by atoms with Gasteiger partial charge in [-0.1, -0.05) is 6.92 Å². The number of ether oxygens (including phenoxy) is 2. The number of nitrogens with one attached hydrogen (secondary N) is 1. The van der Waals surface area contributed by atoms with E-state index in [4.69, 9.17) is 9.47 Å². The van der Waals surface area contributed by atoms with Crippen molar-refractivity contribution in [1.29, 1.82) is 0 Å². The van der Waals surface area contributed by atoms with E-state index >= 15 is 0 Å². The van der Waals surface area contributed by atoms with Crippen molar-refractivity contribution < 1.29 is 14.3 Å². The van der Waals surface area contributed by atoms with Crippen LogP contribution >= 0.6 is 0 Å². The van der Waals surface area contributed by atoms with E-state index in [0.717, 1.165) is 18.7 Å². The van der Waals surface area contributed by atoms with Gasteiger partial charge in [-0.2, -0.15) is 0 Å². The van der Waals surface area contributed by atoms with Crippen LogP contribution in [-0.2, 0) is 16.0 Å². The van der Waals surface area contributed by atoms with E-state index in [1.165, 1.54) is 16.7 Å². The lowest BCUT2D eigenvalue weighted by Crippen LogP contribution is -2.34. The Balaban J connectivity index is 2.86. The second kappa shape index (κ2) is 8.67. The minimum absolute atomic E-state index is 0.0971. The first kappa shape index (κ1) is 17.5. The Morgan fingerprint density at radius 1 is 1.24 bits per heavy atom. The zero-order valence-electron chi connectivity index (χ0n) is 13.8. The summed E-state index contributed by atoms with van der Waals surface area (Å²) < 4.78 is 10.3. The first-order chi connectivity index (χ1) is 10.0. The lowest BCUT2D eigenvalue weighted by molar-refractivity contribution is -0.143. The van der Waals surface area contributed by atoms with Crippen molar-refractivity contribution in [2.75, 3.05) is 20.3 Å². The van der Waals surface area contributed by atoms with Gasteiger partial charge in [0.05, 0.1) is 20.1 Å². The van der Waals surface area contributed by atoms with Crippen LogP contribution in [0.1, 0.15) is 37.0 Å². The fraction of sp³-hybridized carbons (Fsp3) is 0.588. The molecule has 0 fully saturated rings. The molecule has 21 heavy (non-hydrogen) atoms. The Morgan fingerprint density at radius 3 is 2.33 bits per heavy atom. The van der Waals surface area contributed by atoms with Gasteiger partial charge in [-0.25, -0.2) is 0 Å². The minimum Gasteiger partial charge on any atom is -0.497 e. The Labute approximate surface area is 127 Å². The lowest BCUT2D eigenvalue weighted by atomic mass is 9.94. The van der Waals surface area contributed by atoms with Gasteiger partial charge in [-0.3, -0.25) is 4.79 Å². The maximum atomic E-state index is 11.7. The first-order valence-corrected chi connectivity index (χ1v) is 7.54. The Morgan fingerprint density at radius 2 is 1.86 bits per heavy atom. The first-order valence-electron chi connectivity index (χ1n) is 7.54. The normalized spacial score (nSPS) is 12.0. The molecule has 0 saturated heterocycles. The molecule has 0 aliphatic heterocycles. The van der Waals surface area contributed by atoms with Crippen LogP contribution in [-0.4, -0.2) is 32.3 Å². The second-order valence-electron chi connectivity index (χ2n) is 5.21. The summed E-state index contributed by atoms with van der Waals surface area (Å²) in [5, 5.41) is 3.37. The fourth-order valence-electron chi connectivity index (χ4n) is 2.57. The molecule has 1 atom stereocenters. The van der Waals surface area contributed by atoms with Gasteiger partial charge in [0, 0.05) is 6.04 Å². The third-order valence-electron chi connectivity index (χ3n) is 3.57. The molecule has 0 radical (unpaired) electrons. The van der Waals surface area contributed by atoms with Crippen molar-refractivity contribution in [1.82, 2.24) is 5.32 Å². The van der Waals surface area contributed by atoms with E-state index < -0.39 is 0 Å². The summed E-state index contributed by atoms with van der Waals surface area (Å²) in [6.45, 7) is 9.30. The van der Waals surface area contributed by atoms with Crippen LogP contribution < -0.4 is 10.1 Å². The van der Waals surface area contributed by atoms with Gasteiger partial charge < -0.3 is 14.8 Å². The van der Waals surface area contributed by atoms with Crippen LogP contribution in [0.15, 0.2) is 12.1 Å². The number of esters is 1. The van der Waals surface area contributed by atoms with Crippen molar-refractivity contribution in [3.63, 3.8) is 0 Å². The summed E-state index contributed by atoms with van der Waals surface area (Å²) in [6.07, 6.45) is 1.21. The minimum atomic E-state index is -0.146. The number of carbonyl (C=O) groups is 1. The maximum absolute atomic E-state index is 11.7. The van der Waals surface area contributed by atoms with Gasteiger partial charge >= 0.3 is 5.97 Å². The summed E-state index contributed by atoms with van der Waals surface area (Å²) >= 11 is 0. The lowest BCUT2D eigenvalue weighted by Gasteiger charge is -2.20. The van der Waals surface area contributed by atoms with Gasteiger partial charge in [0.15, 0.2) is 0 Å². The molecule has 1 N–H and O–H groups in total. The number of hydrogen-bond acceptors (Lipinski definition) is 4. The average molecular weight is 293 g/mol. The molecule has 1 unspecified atom stereocenters. The molecule has 4 nitrogen and oxygen atoms in total. The summed E-state index contributed by atoms with van der Waals surface area (Å²) in [4.78, 5) is 11.7. The topological polar surface area (TPSA) is 47.6 Å². The highest BCUT2D eigenvalue weighted by molar-refractivity contribution is 5.70. The molecule has 0 amide bonds. The van der Waals surface area contributed by atoms with E-state index in [2.05, 4.69) is 19.2 Å². The highest BCUT2D eigenvalue weighted by atomic mass is 16.5. The van der Waals surface area contributed by atoms with Crippen LogP contribution in [0.2, 0.25) is 0 Å². The monoisotopic (exact) mass is 293 g/mol. The summed E-state index contributed by atoms with van der Waals surface area (Å²) in [5.74, 6) is 0.728. The van der Waals surface area contributed by atoms with Gasteiger partial charge in [-0.15, -0.1) is 0 Å². The van der Waals surface area contributed by atoms with Crippen LogP contribution in [0.25, 0.3) is 0 Å². The highest BCUT2D eigenvalue weighted by Crippen LogP contribution is 2.23. The van der Waals surface area contributed by atoms with Crippen molar-refractivity contribution in [2.24, 2.45) is 0 Å². The zero-order chi connectivity index (χ0) is 15.8. The third kappa shape index (κ3) is 5.38. The number of hydrogen-bond donors (Lipinski definition) is 1. The van der Waals surface area contributed by atoms with Crippen LogP contribution in [0.5, 0.6) is 5.75 Å². The molecule has 1 aromatic rings. The largest absolute Gasteiger partial charge is 0.497 e. The van der Waals surface area contributed by atoms with Gasteiger partial charge in [0.2, 0.25) is 0 Å². The molecule has 1 rings (SSSR count). The molecule has 0 aliphatic carbocycles. The van der Waals surface area contributed by atoms with Gasteiger partial charge in [0.1, 0.15) is 5.75 Å². The van der Waals surface area contributed by atoms with Crippen molar-refractivity contribution in [3.8, 4) is 5.75 Å². The van der Waals surface area contributed by atoms with Crippen molar-refractivity contribution in [2.45, 2.75) is 46.6 Å². The number of methoxy groups -OCH3 is 1. The van der Waals surface area contributed by atoms with E-state index in [1.54, 1.807) is 7.11 Å². The molecule has 0 aromatic heterocycles. The third-order valence-corrected chi connectivity index (χ3v) is 3.57. The van der Waals surface area contributed by atoms with E-state index in [9.17, 15) is 4.79 Å². The fourth-order valence-corrected chi connectivity index (χ4v) is 2.57. The number of benzene rings is 1. The molecule has 0 aliphatic rings. The molecular weight excluding hydrogens is 266 g/mol. The average Bonchev–Trinajstić information content (AvgIpc) is 2.42. The Bertz CT molecular complexity index is 448. The zero-order valence-corrected chi connectivity index (χ0v) is 13.8. The maximum Gasteiger partial charge on any atom is 0.307 e. The van der Waals surface area contributed by atoms with Crippen LogP contribution in [0, 0.1) is 13.8 Å². The smallest absolute Gasteiger partial charge is 0.307 e. The Kier molecular flexibility index (Phi) is 7.23. The summed E-state index contributed by atoms with van der Waals surface area (Å²) in [5.41, 5.74) is 3.66. The van der Waals surface area contributed by atoms with Crippen molar-refractivity contribution in [3.05, 3.63) is 28.8 Å². The van der Waals surface area contributed by atoms with Gasteiger partial charge in [0.25, 0.3) is 0 Å². The van der Waals surface area contributed by atoms with E-state index in [0.29, 0.717) is 13.0 Å². The van der Waals surface area contributed by atoms with Crippen LogP contribution in [0.4, 0.5) is 0 Å². The molecule has 1 aromatic carbocycles. The van der Waals surface area contributed by atoms with Gasteiger partial charge in [-0.05, 0) is 62.6 Å². The number of rotatable bonds is 8. The van der Waals surface area contributed by atoms with E-state index in [-0.39, 0.29) is 12.0 Å². The summed E-state index contributed by atoms with van der Waals surface area (Å²) in [7, 11) is 1.68. The SMILES string of the molecule is CCNC(CC(=O)OCC)Cc1c(C)cc(OC)cc1C. The predicted octanol–water partition coefficient (Wildman–Crippen LogP) is 2.79. The number of aryl methyl sites for hydroxylation is 2. The predicted molar refractivity (Wildman–Crippen MR) is 84.9 cm³/mol. The number of likely N-dealkylation sites (N-methyl/N-ethyl adjacent to an activating group) is 1. The van der Waals surface area contributed by atoms with E-state index in [1.807, 2.05) is 26.0 Å². The highest BCUT2D eigenvalue weighted by Gasteiger charge is 2.17. The molecule has 4 heteroatoms. The van der Waals surface area contributed by atoms with Crippen LogP contribution in [0.3, 0.4) is 0 Å². The van der Waals surface area contributed by atoms with Crippen molar-refractivity contribution >= 4 is 5.97 Å². The number of carbonyl (C=O) groups excluding carboxylic acids is 1. The molecular formula is C17H27NO3. The summed E-state index contributed by atoms with van der Waals surface area (Å²) in [6, 6.07) is 4.17. The second-order valence-corrected chi connectivity index (χ2v) is 5.21. The molecule has 0 bridgehead atoms. The molecule has 118 valence electrons. The molecule has 0 heterocycles. The molecule has 0 saturated carbocycles. The standard InChI is InChI=1S/C17H27NO3/c1-6-18-14(11-17(19)21-7-2)10-16-12(3)8-15(20-5)9-13(16)4/h8-9,14,18H,6-7,10-11H2,1-5H3.